The van der Waals surface area contributed by atoms with Crippen LogP contribution in [-0.2, 0) is 33.9 Å². The molecule has 5 amide bonds. The summed E-state index contributed by atoms with van der Waals surface area (Å²) < 4.78 is 52.0. The zero-order chi connectivity index (χ0) is 37.1. The number of alkyl carbamates (subject to hydrolysis) is 2. The fraction of sp³-hybridized carbons (Fsp3) is 0.647. The predicted molar refractivity (Wildman–Crippen MR) is 181 cm³/mol. The number of hydrogen-bond donors (Lipinski definition) is 4. The van der Waals surface area contributed by atoms with E-state index in [0.29, 0.717) is 37.8 Å². The number of carbonyl (C=O) groups is 5. The molecule has 0 bridgehead atoms. The third kappa shape index (κ3) is 9.74. The molecular formula is C34H47FN6O9S. The van der Waals surface area contributed by atoms with Crippen LogP contribution in [0.25, 0.3) is 0 Å². The second-order valence-corrected chi connectivity index (χ2v) is 16.7. The molecule has 0 radical (unpaired) electrons. The van der Waals surface area contributed by atoms with Crippen LogP contribution < -0.4 is 20.7 Å². The van der Waals surface area contributed by atoms with Crippen molar-refractivity contribution in [1.29, 1.82) is 0 Å². The maximum absolute atomic E-state index is 14.2. The molecule has 2 aliphatic carbocycles. The van der Waals surface area contributed by atoms with E-state index in [1.165, 1.54) is 17.0 Å². The molecule has 6 atom stereocenters. The minimum atomic E-state index is -3.92. The number of nitrogens with one attached hydrogen (secondary N) is 4. The number of aromatic nitrogens is 1. The maximum Gasteiger partial charge on any atom is 0.408 e. The van der Waals surface area contributed by atoms with Gasteiger partial charge in [-0.25, -0.2) is 22.4 Å². The molecule has 2 saturated carbocycles. The first-order chi connectivity index (χ1) is 24.0. The van der Waals surface area contributed by atoms with Gasteiger partial charge < -0.3 is 30.3 Å². The normalized spacial score (nSPS) is 28.4. The SMILES string of the molecule is C[C@@H](NC(=O)O[C@@H]1C[C@H]2C(=O)N[C@]3(C(=O)NS(=O)(=O)C4CC4)C[C@@H]3/C=C\CCCCC[C@H](NC(=O)OC(C)(C)C)C(=O)N2C1)c1ccc(F)cn1. The van der Waals surface area contributed by atoms with Crippen LogP contribution in [0.2, 0.25) is 0 Å². The molecule has 2 aliphatic heterocycles. The number of pyridine rings is 1. The summed E-state index contributed by atoms with van der Waals surface area (Å²) in [4.78, 5) is 72.9. The molecule has 4 N–H and O–H groups in total. The van der Waals surface area contributed by atoms with E-state index < -0.39 is 92.3 Å². The van der Waals surface area contributed by atoms with Gasteiger partial charge in [0.2, 0.25) is 21.8 Å². The summed E-state index contributed by atoms with van der Waals surface area (Å²) in [6.07, 6.45) is 5.89. The van der Waals surface area contributed by atoms with E-state index >= 15 is 0 Å². The second-order valence-electron chi connectivity index (χ2n) is 14.7. The van der Waals surface area contributed by atoms with Crippen LogP contribution in [-0.4, -0.2) is 89.3 Å². The lowest BCUT2D eigenvalue weighted by Crippen LogP contribution is -2.58. The standard InChI is InChI=1S/C34H47FN6O9S/c1-20(25-15-12-22(35)18-36-25)37-31(45)49-23-16-27-28(42)39-34(30(44)40-51(47,48)24-13-14-24)17-21(34)10-8-6-5-7-9-11-26(29(43)41(27)19-23)38-32(46)50-33(2,3)4/h8,10,12,15,18,20-21,23-24,26-27H,5-7,9,11,13-14,16-17,19H2,1-4H3,(H,37,45)(H,38,46)(H,39,42)(H,40,44)/b10-8-/t20-,21+,23-,26+,27+,34-/m1/s1. The molecule has 3 fully saturated rings. The maximum atomic E-state index is 14.2. The van der Waals surface area contributed by atoms with Crippen LogP contribution in [0.4, 0.5) is 14.0 Å². The lowest BCUT2D eigenvalue weighted by Gasteiger charge is -2.30. The molecule has 280 valence electrons. The minimum absolute atomic E-state index is 0.147. The summed E-state index contributed by atoms with van der Waals surface area (Å²) in [6.45, 7) is 6.47. The van der Waals surface area contributed by atoms with Crippen molar-refractivity contribution in [3.63, 3.8) is 0 Å². The highest BCUT2D eigenvalue weighted by molar-refractivity contribution is 7.91. The van der Waals surface area contributed by atoms with Crippen molar-refractivity contribution >= 4 is 39.9 Å². The van der Waals surface area contributed by atoms with Gasteiger partial charge in [0.05, 0.1) is 29.7 Å². The highest BCUT2D eigenvalue weighted by atomic mass is 32.2. The average Bonchev–Trinajstić information content (AvgIpc) is 3.96. The Morgan fingerprint density at radius 3 is 2.51 bits per heavy atom. The van der Waals surface area contributed by atoms with E-state index in [1.807, 2.05) is 6.08 Å². The van der Waals surface area contributed by atoms with Crippen LogP contribution in [0.3, 0.4) is 0 Å². The van der Waals surface area contributed by atoms with Crippen LogP contribution in [0.1, 0.15) is 97.2 Å². The topological polar surface area (TPSA) is 202 Å². The number of sulfonamides is 1. The Bertz CT molecular complexity index is 1650. The number of hydrogen-bond acceptors (Lipinski definition) is 10. The number of ether oxygens (including phenoxy) is 2. The lowest BCUT2D eigenvalue weighted by molar-refractivity contribution is -0.141. The van der Waals surface area contributed by atoms with Gasteiger partial charge in [-0.05, 0) is 78.4 Å². The van der Waals surface area contributed by atoms with Crippen molar-refractivity contribution < 1.29 is 46.3 Å². The first-order valence-electron chi connectivity index (χ1n) is 17.4. The highest BCUT2D eigenvalue weighted by Crippen LogP contribution is 2.46. The van der Waals surface area contributed by atoms with E-state index in [1.54, 1.807) is 33.8 Å². The summed E-state index contributed by atoms with van der Waals surface area (Å²) in [5.41, 5.74) is -2.03. The minimum Gasteiger partial charge on any atom is -0.444 e. The van der Waals surface area contributed by atoms with Crippen molar-refractivity contribution in [1.82, 2.24) is 30.6 Å². The molecule has 15 nitrogen and oxygen atoms in total. The van der Waals surface area contributed by atoms with Gasteiger partial charge in [-0.15, -0.1) is 0 Å². The average molecular weight is 735 g/mol. The third-order valence-corrected chi connectivity index (χ3v) is 11.2. The molecule has 3 heterocycles. The number of fused-ring (bicyclic) bond motifs is 2. The van der Waals surface area contributed by atoms with Crippen LogP contribution in [0, 0.1) is 11.7 Å². The fourth-order valence-electron chi connectivity index (χ4n) is 6.38. The quantitative estimate of drug-likeness (QED) is 0.302. The summed E-state index contributed by atoms with van der Waals surface area (Å²) >= 11 is 0. The molecule has 51 heavy (non-hydrogen) atoms. The van der Waals surface area contributed by atoms with Gasteiger partial charge in [-0.1, -0.05) is 25.0 Å². The second kappa shape index (κ2) is 15.1. The number of allylic oxidation sites excluding steroid dienone is 1. The lowest BCUT2D eigenvalue weighted by atomic mass is 10.0. The number of halogens is 1. The van der Waals surface area contributed by atoms with E-state index in [0.717, 1.165) is 12.6 Å². The van der Waals surface area contributed by atoms with Gasteiger partial charge >= 0.3 is 12.2 Å². The van der Waals surface area contributed by atoms with E-state index in [2.05, 4.69) is 25.7 Å². The van der Waals surface area contributed by atoms with E-state index in [4.69, 9.17) is 9.47 Å². The molecule has 0 spiro atoms. The van der Waals surface area contributed by atoms with Gasteiger partial charge in [0, 0.05) is 12.3 Å². The molecule has 5 rings (SSSR count). The van der Waals surface area contributed by atoms with Crippen LogP contribution >= 0.6 is 0 Å². The third-order valence-electron chi connectivity index (χ3n) is 9.34. The molecule has 1 aromatic rings. The fourth-order valence-corrected chi connectivity index (χ4v) is 7.74. The molecule has 0 aromatic carbocycles. The van der Waals surface area contributed by atoms with Crippen LogP contribution in [0.5, 0.6) is 0 Å². The Morgan fingerprint density at radius 2 is 1.84 bits per heavy atom. The van der Waals surface area contributed by atoms with Gasteiger partial charge in [-0.3, -0.25) is 24.1 Å². The predicted octanol–water partition coefficient (Wildman–Crippen LogP) is 2.87. The van der Waals surface area contributed by atoms with Crippen molar-refractivity contribution in [2.24, 2.45) is 5.92 Å². The first-order valence-corrected chi connectivity index (χ1v) is 19.0. The number of amides is 5. The molecular weight excluding hydrogens is 687 g/mol. The zero-order valence-electron chi connectivity index (χ0n) is 29.3. The number of nitrogens with zero attached hydrogens (tertiary/aromatic N) is 2. The molecule has 1 saturated heterocycles. The summed E-state index contributed by atoms with van der Waals surface area (Å²) in [5, 5.41) is 7.37. The molecule has 0 unspecified atom stereocenters. The Morgan fingerprint density at radius 1 is 1.10 bits per heavy atom. The molecule has 1 aromatic heterocycles. The van der Waals surface area contributed by atoms with Crippen LogP contribution in [0.15, 0.2) is 30.5 Å². The Balaban J connectivity index is 1.39. The summed E-state index contributed by atoms with van der Waals surface area (Å²) in [5.74, 6) is -3.21. The smallest absolute Gasteiger partial charge is 0.408 e. The highest BCUT2D eigenvalue weighted by Gasteiger charge is 2.62. The van der Waals surface area contributed by atoms with Crippen molar-refractivity contribution in [3.8, 4) is 0 Å². The molecule has 4 aliphatic rings. The van der Waals surface area contributed by atoms with E-state index in [9.17, 15) is 36.8 Å². The molecule has 17 heteroatoms. The first kappa shape index (κ1) is 38.0. The van der Waals surface area contributed by atoms with Crippen molar-refractivity contribution in [2.45, 2.75) is 126 Å². The van der Waals surface area contributed by atoms with Gasteiger partial charge in [0.1, 0.15) is 35.1 Å². The summed E-state index contributed by atoms with van der Waals surface area (Å²) in [6, 6.07) is -0.371. The Hall–Kier alpha value is -4.28. The zero-order valence-corrected chi connectivity index (χ0v) is 30.1. The van der Waals surface area contributed by atoms with E-state index in [-0.39, 0.29) is 25.8 Å². The monoisotopic (exact) mass is 734 g/mol. The van der Waals surface area contributed by atoms with Crippen molar-refractivity contribution in [3.05, 3.63) is 42.0 Å². The Kier molecular flexibility index (Phi) is 11.3. The number of carbonyl (C=O) groups excluding carboxylic acids is 5. The van der Waals surface area contributed by atoms with Crippen molar-refractivity contribution in [2.75, 3.05) is 6.54 Å². The van der Waals surface area contributed by atoms with Gasteiger partial charge in [0.25, 0.3) is 5.91 Å². The Labute approximate surface area is 296 Å². The van der Waals surface area contributed by atoms with Gasteiger partial charge in [-0.2, -0.15) is 0 Å². The van der Waals surface area contributed by atoms with Gasteiger partial charge in [0.15, 0.2) is 0 Å². The number of rotatable bonds is 7. The summed E-state index contributed by atoms with van der Waals surface area (Å²) in [7, 11) is -3.92. The largest absolute Gasteiger partial charge is 0.444 e.